The SMILES string of the molecule is CCc1ccc(C(=O)NC(=NCc2cccnc2)Nc2ccc(F)cc2)cc1. The topological polar surface area (TPSA) is 66.4 Å². The average Bonchev–Trinajstić information content (AvgIpc) is 2.74. The van der Waals surface area contributed by atoms with Gasteiger partial charge in [-0.15, -0.1) is 0 Å². The fraction of sp³-hybridized carbons (Fsp3) is 0.136. The fourth-order valence-electron chi connectivity index (χ4n) is 2.51. The number of aromatic nitrogens is 1. The number of rotatable bonds is 5. The summed E-state index contributed by atoms with van der Waals surface area (Å²) >= 11 is 0. The van der Waals surface area contributed by atoms with Gasteiger partial charge >= 0.3 is 0 Å². The zero-order chi connectivity index (χ0) is 19.8. The highest BCUT2D eigenvalue weighted by Gasteiger charge is 2.10. The zero-order valence-electron chi connectivity index (χ0n) is 15.5. The number of carbonyl (C=O) groups excluding carboxylic acids is 1. The molecule has 1 heterocycles. The number of benzene rings is 2. The van der Waals surface area contributed by atoms with Crippen molar-refractivity contribution in [3.8, 4) is 0 Å². The molecule has 28 heavy (non-hydrogen) atoms. The molecule has 2 aromatic carbocycles. The molecule has 142 valence electrons. The van der Waals surface area contributed by atoms with E-state index in [1.807, 2.05) is 24.3 Å². The second kappa shape index (κ2) is 9.41. The van der Waals surface area contributed by atoms with Gasteiger partial charge in [-0.1, -0.05) is 25.1 Å². The minimum Gasteiger partial charge on any atom is -0.326 e. The fourth-order valence-corrected chi connectivity index (χ4v) is 2.51. The first-order chi connectivity index (χ1) is 13.6. The van der Waals surface area contributed by atoms with Crippen LogP contribution in [-0.2, 0) is 13.0 Å². The summed E-state index contributed by atoms with van der Waals surface area (Å²) in [7, 11) is 0. The number of nitrogens with zero attached hydrogens (tertiary/aromatic N) is 2. The molecule has 0 aliphatic carbocycles. The van der Waals surface area contributed by atoms with Crippen LogP contribution in [0.25, 0.3) is 0 Å². The van der Waals surface area contributed by atoms with Gasteiger partial charge in [-0.25, -0.2) is 9.38 Å². The first-order valence-corrected chi connectivity index (χ1v) is 9.00. The monoisotopic (exact) mass is 376 g/mol. The van der Waals surface area contributed by atoms with Crippen molar-refractivity contribution in [3.05, 3.63) is 95.6 Å². The van der Waals surface area contributed by atoms with E-state index < -0.39 is 0 Å². The van der Waals surface area contributed by atoms with Crippen LogP contribution in [0.4, 0.5) is 10.1 Å². The Bertz CT molecular complexity index is 939. The van der Waals surface area contributed by atoms with Crippen molar-refractivity contribution in [2.75, 3.05) is 5.32 Å². The normalized spacial score (nSPS) is 11.1. The highest BCUT2D eigenvalue weighted by molar-refractivity contribution is 6.09. The number of aryl methyl sites for hydroxylation is 1. The molecule has 6 heteroatoms. The van der Waals surface area contributed by atoms with E-state index >= 15 is 0 Å². The molecule has 1 amide bonds. The van der Waals surface area contributed by atoms with Crippen molar-refractivity contribution < 1.29 is 9.18 Å². The van der Waals surface area contributed by atoms with Gasteiger partial charge in [-0.3, -0.25) is 15.1 Å². The van der Waals surface area contributed by atoms with Crippen molar-refractivity contribution in [2.24, 2.45) is 4.99 Å². The van der Waals surface area contributed by atoms with E-state index in [0.717, 1.165) is 17.5 Å². The van der Waals surface area contributed by atoms with E-state index in [-0.39, 0.29) is 17.7 Å². The summed E-state index contributed by atoms with van der Waals surface area (Å²) in [4.78, 5) is 21.1. The Morgan fingerprint density at radius 3 is 2.43 bits per heavy atom. The van der Waals surface area contributed by atoms with Crippen molar-refractivity contribution in [1.29, 1.82) is 0 Å². The van der Waals surface area contributed by atoms with Crippen LogP contribution >= 0.6 is 0 Å². The molecule has 3 rings (SSSR count). The molecule has 0 spiro atoms. The van der Waals surface area contributed by atoms with E-state index in [2.05, 4.69) is 27.5 Å². The molecule has 0 saturated carbocycles. The molecule has 0 aliphatic rings. The number of carbonyl (C=O) groups is 1. The van der Waals surface area contributed by atoms with Crippen molar-refractivity contribution in [1.82, 2.24) is 10.3 Å². The number of amides is 1. The molecule has 0 radical (unpaired) electrons. The maximum atomic E-state index is 13.2. The van der Waals surface area contributed by atoms with E-state index in [0.29, 0.717) is 17.8 Å². The lowest BCUT2D eigenvalue weighted by atomic mass is 10.1. The third-order valence-electron chi connectivity index (χ3n) is 4.11. The lowest BCUT2D eigenvalue weighted by Crippen LogP contribution is -2.36. The largest absolute Gasteiger partial charge is 0.326 e. The van der Waals surface area contributed by atoms with Gasteiger partial charge in [-0.05, 0) is 60.0 Å². The van der Waals surface area contributed by atoms with Crippen LogP contribution in [0.2, 0.25) is 0 Å². The molecule has 0 aliphatic heterocycles. The summed E-state index contributed by atoms with van der Waals surface area (Å²) in [6.07, 6.45) is 4.31. The maximum absolute atomic E-state index is 13.2. The lowest BCUT2D eigenvalue weighted by Gasteiger charge is -2.12. The number of anilines is 1. The van der Waals surface area contributed by atoms with Crippen molar-refractivity contribution >= 4 is 17.6 Å². The van der Waals surface area contributed by atoms with Gasteiger partial charge in [0.25, 0.3) is 5.91 Å². The molecule has 3 aromatic rings. The van der Waals surface area contributed by atoms with Crippen molar-refractivity contribution in [3.63, 3.8) is 0 Å². The molecule has 0 saturated heterocycles. The molecule has 1 aromatic heterocycles. The Labute approximate surface area is 163 Å². The molecule has 0 bridgehead atoms. The first-order valence-electron chi connectivity index (χ1n) is 9.00. The predicted octanol–water partition coefficient (Wildman–Crippen LogP) is 4.18. The Morgan fingerprint density at radius 1 is 1.04 bits per heavy atom. The van der Waals surface area contributed by atoms with Gasteiger partial charge in [0.05, 0.1) is 6.54 Å². The predicted molar refractivity (Wildman–Crippen MR) is 109 cm³/mol. The number of hydrogen-bond acceptors (Lipinski definition) is 3. The zero-order valence-corrected chi connectivity index (χ0v) is 15.5. The number of pyridine rings is 1. The van der Waals surface area contributed by atoms with Gasteiger partial charge in [0.2, 0.25) is 5.96 Å². The highest BCUT2D eigenvalue weighted by atomic mass is 19.1. The molecule has 0 atom stereocenters. The van der Waals surface area contributed by atoms with E-state index in [9.17, 15) is 9.18 Å². The molecule has 0 fully saturated rings. The smallest absolute Gasteiger partial charge is 0.257 e. The number of guanidine groups is 1. The first kappa shape index (κ1) is 19.2. The average molecular weight is 376 g/mol. The molecule has 5 nitrogen and oxygen atoms in total. The van der Waals surface area contributed by atoms with Crippen LogP contribution in [0.5, 0.6) is 0 Å². The van der Waals surface area contributed by atoms with Gasteiger partial charge in [-0.2, -0.15) is 0 Å². The summed E-state index contributed by atoms with van der Waals surface area (Å²) in [5.41, 5.74) is 3.22. The summed E-state index contributed by atoms with van der Waals surface area (Å²) in [6.45, 7) is 2.40. The minimum absolute atomic E-state index is 0.276. The minimum atomic E-state index is -0.334. The molecular weight excluding hydrogens is 355 g/mol. The van der Waals surface area contributed by atoms with Crippen LogP contribution in [0, 0.1) is 5.82 Å². The lowest BCUT2D eigenvalue weighted by molar-refractivity contribution is 0.0977. The third-order valence-corrected chi connectivity index (χ3v) is 4.11. The van der Waals surface area contributed by atoms with Crippen LogP contribution in [-0.4, -0.2) is 16.9 Å². The third kappa shape index (κ3) is 5.48. The van der Waals surface area contributed by atoms with Gasteiger partial charge < -0.3 is 5.32 Å². The van der Waals surface area contributed by atoms with Crippen LogP contribution < -0.4 is 10.6 Å². The summed E-state index contributed by atoms with van der Waals surface area (Å²) in [5, 5.41) is 5.82. The Kier molecular flexibility index (Phi) is 6.46. The Hall–Kier alpha value is -3.54. The Balaban J connectivity index is 1.77. The van der Waals surface area contributed by atoms with Gasteiger partial charge in [0.1, 0.15) is 5.82 Å². The molecule has 2 N–H and O–H groups in total. The summed E-state index contributed by atoms with van der Waals surface area (Å²) < 4.78 is 13.2. The molecular formula is C22H21FN4O. The van der Waals surface area contributed by atoms with E-state index in [4.69, 9.17) is 0 Å². The van der Waals surface area contributed by atoms with E-state index in [1.165, 1.54) is 12.1 Å². The number of hydrogen-bond donors (Lipinski definition) is 2. The number of aliphatic imine (C=N–C) groups is 1. The van der Waals surface area contributed by atoms with Gasteiger partial charge in [0.15, 0.2) is 0 Å². The van der Waals surface area contributed by atoms with Gasteiger partial charge in [0, 0.05) is 23.6 Å². The highest BCUT2D eigenvalue weighted by Crippen LogP contribution is 2.09. The van der Waals surface area contributed by atoms with Crippen LogP contribution in [0.1, 0.15) is 28.4 Å². The number of nitrogens with one attached hydrogen (secondary N) is 2. The second-order valence-corrected chi connectivity index (χ2v) is 6.16. The van der Waals surface area contributed by atoms with Crippen LogP contribution in [0.3, 0.4) is 0 Å². The summed E-state index contributed by atoms with van der Waals surface area (Å²) in [6, 6.07) is 17.0. The number of halogens is 1. The maximum Gasteiger partial charge on any atom is 0.257 e. The summed E-state index contributed by atoms with van der Waals surface area (Å²) in [5.74, 6) is -0.332. The second-order valence-electron chi connectivity index (χ2n) is 6.16. The van der Waals surface area contributed by atoms with E-state index in [1.54, 1.807) is 36.7 Å². The standard InChI is InChI=1S/C22H21FN4O/c1-2-16-5-7-18(8-6-16)21(28)27-22(25-15-17-4-3-13-24-14-17)26-20-11-9-19(23)10-12-20/h3-14H,2,15H2,1H3,(H2,25,26,27,28). The van der Waals surface area contributed by atoms with Crippen LogP contribution in [0.15, 0.2) is 78.0 Å². The van der Waals surface area contributed by atoms with Crippen molar-refractivity contribution in [2.45, 2.75) is 19.9 Å². The molecule has 0 unspecified atom stereocenters. The quantitative estimate of drug-likeness (QED) is 0.519. The Morgan fingerprint density at radius 2 is 1.79 bits per heavy atom.